The minimum atomic E-state index is -0.204. The van der Waals surface area contributed by atoms with Crippen molar-refractivity contribution in [3.63, 3.8) is 0 Å². The highest BCUT2D eigenvalue weighted by Gasteiger charge is 2.02. The lowest BCUT2D eigenvalue weighted by molar-refractivity contribution is 0.605. The Morgan fingerprint density at radius 2 is 1.74 bits per heavy atom. The van der Waals surface area contributed by atoms with Gasteiger partial charge in [-0.2, -0.15) is 0 Å². The van der Waals surface area contributed by atoms with Crippen molar-refractivity contribution in [1.29, 1.82) is 0 Å². The van der Waals surface area contributed by atoms with E-state index < -0.39 is 0 Å². The van der Waals surface area contributed by atoms with E-state index >= 15 is 0 Å². The monoisotopic (exact) mass is 445 g/mol. The number of halogens is 2. The van der Waals surface area contributed by atoms with Crippen molar-refractivity contribution < 1.29 is 4.39 Å². The second-order valence-corrected chi connectivity index (χ2v) is 5.77. The topological polar surface area (TPSA) is 36.4 Å². The molecule has 0 bridgehead atoms. The third-order valence-corrected chi connectivity index (χ3v) is 4.05. The highest BCUT2D eigenvalue weighted by Crippen LogP contribution is 2.15. The van der Waals surface area contributed by atoms with Crippen molar-refractivity contribution >= 4 is 41.7 Å². The molecule has 2 aromatic carbocycles. The maximum Gasteiger partial charge on any atom is 0.191 e. The summed E-state index contributed by atoms with van der Waals surface area (Å²) in [7, 11) is 1.71. The molecule has 0 heterocycles. The number of rotatable bonds is 6. The van der Waals surface area contributed by atoms with Gasteiger partial charge in [0.05, 0.1) is 0 Å². The summed E-state index contributed by atoms with van der Waals surface area (Å²) >= 11 is 1.78. The molecule has 6 heteroatoms. The molecule has 0 aliphatic carbocycles. The summed E-state index contributed by atoms with van der Waals surface area (Å²) < 4.78 is 13.5. The molecule has 0 saturated heterocycles. The van der Waals surface area contributed by atoms with Crippen LogP contribution >= 0.6 is 35.7 Å². The fraction of sp³-hybridized carbons (Fsp3) is 0.235. The summed E-state index contributed by atoms with van der Waals surface area (Å²) in [5.41, 5.74) is 0.629. The predicted octanol–water partition coefficient (Wildman–Crippen LogP) is 3.90. The maximum atomic E-state index is 13.5. The van der Waals surface area contributed by atoms with Crippen LogP contribution in [-0.4, -0.2) is 25.3 Å². The van der Waals surface area contributed by atoms with Gasteiger partial charge in [0.1, 0.15) is 5.82 Å². The van der Waals surface area contributed by atoms with Crippen LogP contribution in [-0.2, 0) is 6.54 Å². The zero-order chi connectivity index (χ0) is 15.6. The molecule has 2 aromatic rings. The van der Waals surface area contributed by atoms with Crippen LogP contribution in [0.1, 0.15) is 5.56 Å². The van der Waals surface area contributed by atoms with Gasteiger partial charge >= 0.3 is 0 Å². The van der Waals surface area contributed by atoms with Crippen LogP contribution < -0.4 is 10.6 Å². The van der Waals surface area contributed by atoms with Crippen molar-refractivity contribution in [2.45, 2.75) is 11.4 Å². The van der Waals surface area contributed by atoms with Gasteiger partial charge < -0.3 is 10.6 Å². The molecule has 3 nitrogen and oxygen atoms in total. The first-order chi connectivity index (χ1) is 10.8. The summed E-state index contributed by atoms with van der Waals surface area (Å²) in [5.74, 6) is 1.41. The third kappa shape index (κ3) is 7.22. The van der Waals surface area contributed by atoms with Crippen molar-refractivity contribution in [2.24, 2.45) is 4.99 Å². The molecule has 0 aliphatic rings. The second kappa shape index (κ2) is 11.3. The van der Waals surface area contributed by atoms with E-state index in [4.69, 9.17) is 0 Å². The Morgan fingerprint density at radius 3 is 2.43 bits per heavy atom. The lowest BCUT2D eigenvalue weighted by Gasteiger charge is -2.12. The highest BCUT2D eigenvalue weighted by atomic mass is 127. The Labute approximate surface area is 158 Å². The molecular weight excluding hydrogens is 424 g/mol. The fourth-order valence-corrected chi connectivity index (χ4v) is 2.69. The SMILES string of the molecule is CN=C(NCCSc1ccccc1)NCc1ccccc1F.I. The van der Waals surface area contributed by atoms with Gasteiger partial charge in [-0.25, -0.2) is 4.39 Å². The van der Waals surface area contributed by atoms with Crippen LogP contribution in [0.25, 0.3) is 0 Å². The van der Waals surface area contributed by atoms with Gasteiger partial charge in [0.2, 0.25) is 0 Å². The van der Waals surface area contributed by atoms with Crippen molar-refractivity contribution in [2.75, 3.05) is 19.3 Å². The molecule has 0 fully saturated rings. The average molecular weight is 445 g/mol. The average Bonchev–Trinajstić information content (AvgIpc) is 2.56. The molecule has 124 valence electrons. The molecule has 23 heavy (non-hydrogen) atoms. The summed E-state index contributed by atoms with van der Waals surface area (Å²) in [6, 6.07) is 17.0. The fourth-order valence-electron chi connectivity index (χ4n) is 1.90. The second-order valence-electron chi connectivity index (χ2n) is 4.61. The quantitative estimate of drug-likeness (QED) is 0.233. The van der Waals surface area contributed by atoms with Crippen molar-refractivity contribution in [1.82, 2.24) is 10.6 Å². The first kappa shape index (κ1) is 19.8. The van der Waals surface area contributed by atoms with Crippen molar-refractivity contribution in [3.05, 3.63) is 66.0 Å². The van der Waals surface area contributed by atoms with Crippen LogP contribution in [0.2, 0.25) is 0 Å². The van der Waals surface area contributed by atoms with Gasteiger partial charge in [0.15, 0.2) is 5.96 Å². The van der Waals surface area contributed by atoms with E-state index in [2.05, 4.69) is 27.8 Å². The number of aliphatic imine (C=N–C) groups is 1. The van der Waals surface area contributed by atoms with E-state index in [0.717, 1.165) is 12.3 Å². The smallest absolute Gasteiger partial charge is 0.191 e. The number of nitrogens with one attached hydrogen (secondary N) is 2. The minimum Gasteiger partial charge on any atom is -0.356 e. The van der Waals surface area contributed by atoms with Gasteiger partial charge in [0.25, 0.3) is 0 Å². The molecular formula is C17H21FIN3S. The van der Waals surface area contributed by atoms with E-state index in [1.807, 2.05) is 24.3 Å². The number of hydrogen-bond acceptors (Lipinski definition) is 2. The molecule has 2 rings (SSSR count). The normalized spacial score (nSPS) is 10.8. The number of hydrogen-bond donors (Lipinski definition) is 2. The molecule has 0 aliphatic heterocycles. The third-order valence-electron chi connectivity index (χ3n) is 3.03. The largest absolute Gasteiger partial charge is 0.356 e. The Hall–Kier alpha value is -1.28. The first-order valence-corrected chi connectivity index (χ1v) is 8.14. The van der Waals surface area contributed by atoms with Crippen LogP contribution in [0.3, 0.4) is 0 Å². The molecule has 0 unspecified atom stereocenters. The Balaban J connectivity index is 0.00000264. The zero-order valence-electron chi connectivity index (χ0n) is 13.0. The van der Waals surface area contributed by atoms with Gasteiger partial charge in [-0.05, 0) is 18.2 Å². The number of guanidine groups is 1. The number of thioether (sulfide) groups is 1. The van der Waals surface area contributed by atoms with E-state index in [0.29, 0.717) is 18.1 Å². The van der Waals surface area contributed by atoms with Gasteiger partial charge in [0, 0.05) is 36.3 Å². The number of benzene rings is 2. The molecule has 0 amide bonds. The number of nitrogens with zero attached hydrogens (tertiary/aromatic N) is 1. The summed E-state index contributed by atoms with van der Waals surface area (Å²) in [6.07, 6.45) is 0. The van der Waals surface area contributed by atoms with Gasteiger partial charge in [-0.15, -0.1) is 35.7 Å². The summed E-state index contributed by atoms with van der Waals surface area (Å²) in [5, 5.41) is 6.34. The summed E-state index contributed by atoms with van der Waals surface area (Å²) in [4.78, 5) is 5.39. The van der Waals surface area contributed by atoms with Gasteiger partial charge in [-0.1, -0.05) is 36.4 Å². The van der Waals surface area contributed by atoms with E-state index in [-0.39, 0.29) is 29.8 Å². The predicted molar refractivity (Wildman–Crippen MR) is 107 cm³/mol. The van der Waals surface area contributed by atoms with Crippen LogP contribution in [0.4, 0.5) is 4.39 Å². The molecule has 2 N–H and O–H groups in total. The van der Waals surface area contributed by atoms with Crippen molar-refractivity contribution in [3.8, 4) is 0 Å². The van der Waals surface area contributed by atoms with E-state index in [9.17, 15) is 4.39 Å². The Bertz CT molecular complexity index is 608. The Morgan fingerprint density at radius 1 is 1.04 bits per heavy atom. The Kier molecular flexibility index (Phi) is 9.70. The highest BCUT2D eigenvalue weighted by molar-refractivity contribution is 14.0. The van der Waals surface area contributed by atoms with Gasteiger partial charge in [-0.3, -0.25) is 4.99 Å². The van der Waals surface area contributed by atoms with Crippen LogP contribution in [0.5, 0.6) is 0 Å². The minimum absolute atomic E-state index is 0. The van der Waals surface area contributed by atoms with E-state index in [1.165, 1.54) is 11.0 Å². The zero-order valence-corrected chi connectivity index (χ0v) is 16.1. The standard InChI is InChI=1S/C17H20FN3S.HI/c1-19-17(21-13-14-7-5-6-10-16(14)18)20-11-12-22-15-8-3-2-4-9-15;/h2-10H,11-13H2,1H3,(H2,19,20,21);1H. The molecule has 0 saturated carbocycles. The molecule has 0 radical (unpaired) electrons. The first-order valence-electron chi connectivity index (χ1n) is 7.15. The van der Waals surface area contributed by atoms with Crippen LogP contribution in [0, 0.1) is 5.82 Å². The van der Waals surface area contributed by atoms with E-state index in [1.54, 1.807) is 30.9 Å². The lowest BCUT2D eigenvalue weighted by atomic mass is 10.2. The molecule has 0 atom stereocenters. The summed E-state index contributed by atoms with van der Waals surface area (Å²) in [6.45, 7) is 1.20. The van der Waals surface area contributed by atoms with Crippen LogP contribution in [0.15, 0.2) is 64.5 Å². The molecule has 0 spiro atoms. The maximum absolute atomic E-state index is 13.5. The molecule has 0 aromatic heterocycles. The lowest BCUT2D eigenvalue weighted by Crippen LogP contribution is -2.38.